The van der Waals surface area contributed by atoms with Gasteiger partial charge in [0.25, 0.3) is 0 Å². The van der Waals surface area contributed by atoms with Gasteiger partial charge < -0.3 is 15.3 Å². The van der Waals surface area contributed by atoms with Crippen LogP contribution in [-0.2, 0) is 4.79 Å². The predicted molar refractivity (Wildman–Crippen MR) is 83.1 cm³/mol. The number of hydrogen-bond donors (Lipinski definition) is 2. The van der Waals surface area contributed by atoms with Crippen LogP contribution < -0.4 is 5.32 Å². The van der Waals surface area contributed by atoms with Gasteiger partial charge in [0.1, 0.15) is 5.54 Å². The van der Waals surface area contributed by atoms with Crippen molar-refractivity contribution in [2.24, 2.45) is 0 Å². The van der Waals surface area contributed by atoms with E-state index in [1.165, 1.54) is 32.2 Å². The van der Waals surface area contributed by atoms with Crippen LogP contribution in [0.2, 0.25) is 0 Å². The fourth-order valence-corrected chi connectivity index (χ4v) is 2.59. The summed E-state index contributed by atoms with van der Waals surface area (Å²) in [6.45, 7) is 9.09. The number of unbranched alkanes of at least 4 members (excludes halogenated alkanes) is 1. The normalized spacial score (nSPS) is 18.2. The number of carboxylic acids is 1. The number of carbonyl (C=O) groups is 1. The molecule has 0 heterocycles. The van der Waals surface area contributed by atoms with E-state index in [-0.39, 0.29) is 0 Å². The summed E-state index contributed by atoms with van der Waals surface area (Å²) >= 11 is 0. The molecule has 0 aromatic carbocycles. The van der Waals surface area contributed by atoms with Crippen molar-refractivity contribution < 1.29 is 9.90 Å². The van der Waals surface area contributed by atoms with Crippen molar-refractivity contribution in [1.82, 2.24) is 10.2 Å². The molecule has 0 spiro atoms. The summed E-state index contributed by atoms with van der Waals surface area (Å²) in [5, 5.41) is 12.6. The van der Waals surface area contributed by atoms with Crippen LogP contribution in [0.4, 0.5) is 0 Å². The highest BCUT2D eigenvalue weighted by molar-refractivity contribution is 5.78. The number of hydrogen-bond acceptors (Lipinski definition) is 3. The van der Waals surface area contributed by atoms with E-state index >= 15 is 0 Å². The molecule has 4 heteroatoms. The standard InChI is InChI=1S/C16H32N2O2/c1-4-6-12-18(14-8-9-14)13-7-10-16(3,15(19)20)17-11-5-2/h14,17H,4-13H2,1-3H3,(H,19,20). The van der Waals surface area contributed by atoms with Crippen molar-refractivity contribution >= 4 is 5.97 Å². The largest absolute Gasteiger partial charge is 0.480 e. The van der Waals surface area contributed by atoms with Crippen LogP contribution in [-0.4, -0.2) is 47.2 Å². The zero-order chi connectivity index (χ0) is 15.0. The lowest BCUT2D eigenvalue weighted by atomic mass is 9.95. The molecular weight excluding hydrogens is 252 g/mol. The van der Waals surface area contributed by atoms with Crippen LogP contribution >= 0.6 is 0 Å². The van der Waals surface area contributed by atoms with Crippen LogP contribution in [0.25, 0.3) is 0 Å². The van der Waals surface area contributed by atoms with E-state index in [0.717, 1.165) is 32.0 Å². The summed E-state index contributed by atoms with van der Waals surface area (Å²) in [5.74, 6) is -0.725. The van der Waals surface area contributed by atoms with E-state index in [2.05, 4.69) is 24.1 Å². The van der Waals surface area contributed by atoms with Crippen molar-refractivity contribution in [3.8, 4) is 0 Å². The Morgan fingerprint density at radius 2 is 1.90 bits per heavy atom. The third-order valence-electron chi connectivity index (χ3n) is 4.22. The zero-order valence-electron chi connectivity index (χ0n) is 13.5. The van der Waals surface area contributed by atoms with Crippen LogP contribution in [0, 0.1) is 0 Å². The highest BCUT2D eigenvalue weighted by atomic mass is 16.4. The molecule has 118 valence electrons. The molecule has 0 aromatic rings. The first kappa shape index (κ1) is 17.4. The summed E-state index contributed by atoms with van der Waals surface area (Å²) in [5.41, 5.74) is -0.768. The smallest absolute Gasteiger partial charge is 0.323 e. The Bertz CT molecular complexity index is 292. The minimum Gasteiger partial charge on any atom is -0.480 e. The molecule has 0 amide bonds. The highest BCUT2D eigenvalue weighted by Crippen LogP contribution is 2.27. The zero-order valence-corrected chi connectivity index (χ0v) is 13.5. The molecule has 1 rings (SSSR count). The number of nitrogens with one attached hydrogen (secondary N) is 1. The van der Waals surface area contributed by atoms with E-state index in [4.69, 9.17) is 0 Å². The quantitative estimate of drug-likeness (QED) is 0.578. The maximum Gasteiger partial charge on any atom is 0.323 e. The van der Waals surface area contributed by atoms with Crippen LogP contribution in [0.1, 0.15) is 65.7 Å². The van der Waals surface area contributed by atoms with Crippen molar-refractivity contribution in [3.05, 3.63) is 0 Å². The van der Waals surface area contributed by atoms with Gasteiger partial charge in [0.05, 0.1) is 0 Å². The molecule has 1 atom stereocenters. The van der Waals surface area contributed by atoms with E-state index in [0.29, 0.717) is 6.42 Å². The molecule has 1 saturated carbocycles. The Labute approximate surface area is 123 Å². The molecule has 0 saturated heterocycles. The Morgan fingerprint density at radius 3 is 2.40 bits per heavy atom. The van der Waals surface area contributed by atoms with Gasteiger partial charge in [-0.05, 0) is 65.1 Å². The van der Waals surface area contributed by atoms with E-state index in [9.17, 15) is 9.90 Å². The number of nitrogens with zero attached hydrogens (tertiary/aromatic N) is 1. The van der Waals surface area contributed by atoms with Crippen molar-refractivity contribution in [3.63, 3.8) is 0 Å². The summed E-state index contributed by atoms with van der Waals surface area (Å²) in [6, 6.07) is 0.779. The summed E-state index contributed by atoms with van der Waals surface area (Å²) in [7, 11) is 0. The maximum absolute atomic E-state index is 11.4. The van der Waals surface area contributed by atoms with Crippen LogP contribution in [0.15, 0.2) is 0 Å². The Kier molecular flexibility index (Phi) is 7.52. The lowest BCUT2D eigenvalue weighted by Gasteiger charge is -2.28. The van der Waals surface area contributed by atoms with E-state index < -0.39 is 11.5 Å². The number of rotatable bonds is 12. The minimum absolute atomic E-state index is 0.706. The molecule has 2 N–H and O–H groups in total. The van der Waals surface area contributed by atoms with Crippen molar-refractivity contribution in [2.45, 2.75) is 77.3 Å². The fraction of sp³-hybridized carbons (Fsp3) is 0.938. The Hall–Kier alpha value is -0.610. The Balaban J connectivity index is 2.35. The molecule has 1 aliphatic carbocycles. The van der Waals surface area contributed by atoms with Gasteiger partial charge in [0.2, 0.25) is 0 Å². The molecule has 1 aliphatic rings. The highest BCUT2D eigenvalue weighted by Gasteiger charge is 2.33. The van der Waals surface area contributed by atoms with E-state index in [1.807, 2.05) is 6.92 Å². The van der Waals surface area contributed by atoms with Gasteiger partial charge >= 0.3 is 5.97 Å². The first-order valence-corrected chi connectivity index (χ1v) is 8.26. The second-order valence-corrected chi connectivity index (χ2v) is 6.29. The molecule has 4 nitrogen and oxygen atoms in total. The first-order valence-electron chi connectivity index (χ1n) is 8.26. The van der Waals surface area contributed by atoms with Crippen LogP contribution in [0.3, 0.4) is 0 Å². The second kappa shape index (κ2) is 8.63. The van der Waals surface area contributed by atoms with Crippen LogP contribution in [0.5, 0.6) is 0 Å². The summed E-state index contributed by atoms with van der Waals surface area (Å²) in [4.78, 5) is 14.0. The third kappa shape index (κ3) is 5.80. The molecule has 0 aliphatic heterocycles. The van der Waals surface area contributed by atoms with Gasteiger partial charge in [-0.15, -0.1) is 0 Å². The van der Waals surface area contributed by atoms with E-state index in [1.54, 1.807) is 0 Å². The Morgan fingerprint density at radius 1 is 1.25 bits per heavy atom. The SMILES string of the molecule is CCCCN(CCCC(C)(NCCC)C(=O)O)C1CC1. The van der Waals surface area contributed by atoms with Gasteiger partial charge in [-0.2, -0.15) is 0 Å². The summed E-state index contributed by atoms with van der Waals surface area (Å²) < 4.78 is 0. The predicted octanol–water partition coefficient (Wildman–Crippen LogP) is 2.87. The van der Waals surface area contributed by atoms with Gasteiger partial charge in [0, 0.05) is 6.04 Å². The van der Waals surface area contributed by atoms with Crippen molar-refractivity contribution in [2.75, 3.05) is 19.6 Å². The lowest BCUT2D eigenvalue weighted by molar-refractivity contribution is -0.144. The summed E-state index contributed by atoms with van der Waals surface area (Å²) in [6.07, 6.45) is 7.77. The minimum atomic E-state index is -0.768. The monoisotopic (exact) mass is 284 g/mol. The van der Waals surface area contributed by atoms with Gasteiger partial charge in [-0.1, -0.05) is 20.3 Å². The fourth-order valence-electron chi connectivity index (χ4n) is 2.59. The maximum atomic E-state index is 11.4. The average Bonchev–Trinajstić information content (AvgIpc) is 3.24. The molecule has 1 unspecified atom stereocenters. The topological polar surface area (TPSA) is 52.6 Å². The van der Waals surface area contributed by atoms with Gasteiger partial charge in [-0.3, -0.25) is 4.79 Å². The number of aliphatic carboxylic acids is 1. The molecule has 0 radical (unpaired) electrons. The molecule has 1 fully saturated rings. The molecule has 0 bridgehead atoms. The molecule has 20 heavy (non-hydrogen) atoms. The van der Waals surface area contributed by atoms with Gasteiger partial charge in [0.15, 0.2) is 0 Å². The number of carboxylic acid groups (broad SMARTS) is 1. The average molecular weight is 284 g/mol. The second-order valence-electron chi connectivity index (χ2n) is 6.29. The third-order valence-corrected chi connectivity index (χ3v) is 4.22. The van der Waals surface area contributed by atoms with Crippen molar-refractivity contribution in [1.29, 1.82) is 0 Å². The molecular formula is C16H32N2O2. The first-order chi connectivity index (χ1) is 9.53. The lowest BCUT2D eigenvalue weighted by Crippen LogP contribution is -2.50. The van der Waals surface area contributed by atoms with Gasteiger partial charge in [-0.25, -0.2) is 0 Å². The molecule has 0 aromatic heterocycles.